The van der Waals surface area contributed by atoms with Gasteiger partial charge in [-0.05, 0) is 5.92 Å². The number of ketones is 1. The fourth-order valence-electron chi connectivity index (χ4n) is 0.864. The minimum Gasteiger partial charge on any atom is -0.492 e. The van der Waals surface area contributed by atoms with Gasteiger partial charge in [0.25, 0.3) is 0 Å². The van der Waals surface area contributed by atoms with Crippen molar-refractivity contribution >= 4 is 5.78 Å². The number of hydrogen-bond acceptors (Lipinski definition) is 2. The van der Waals surface area contributed by atoms with E-state index in [4.69, 9.17) is 0 Å². The highest BCUT2D eigenvalue weighted by Crippen LogP contribution is 2.26. The minimum atomic E-state index is -4.60. The molecule has 0 aromatic carbocycles. The maximum absolute atomic E-state index is 12.1. The van der Waals surface area contributed by atoms with Crippen molar-refractivity contribution in [2.45, 2.75) is 26.4 Å². The predicted octanol–water partition coefficient (Wildman–Crippen LogP) is 2.69. The van der Waals surface area contributed by atoms with Gasteiger partial charge >= 0.3 is 6.18 Å². The van der Waals surface area contributed by atoms with Crippen molar-refractivity contribution in [1.82, 2.24) is 0 Å². The van der Waals surface area contributed by atoms with Crippen molar-refractivity contribution in [2.24, 2.45) is 5.92 Å². The van der Waals surface area contributed by atoms with Crippen LogP contribution in [0, 0.1) is 5.92 Å². The molecule has 0 saturated heterocycles. The Bertz CT molecular complexity index is 229. The van der Waals surface area contributed by atoms with Crippen LogP contribution in [-0.4, -0.2) is 19.1 Å². The van der Waals surface area contributed by atoms with Gasteiger partial charge < -0.3 is 4.74 Å². The molecule has 5 heteroatoms. The van der Waals surface area contributed by atoms with E-state index >= 15 is 0 Å². The lowest BCUT2D eigenvalue weighted by Crippen LogP contribution is -2.15. The number of allylic oxidation sites excluding steroid dienone is 2. The molecule has 0 heterocycles. The number of halogens is 3. The van der Waals surface area contributed by atoms with Gasteiger partial charge in [-0.1, -0.05) is 13.8 Å². The largest absolute Gasteiger partial charge is 0.492 e. The molecule has 0 radical (unpaired) electrons. The molecule has 0 atom stereocenters. The zero-order valence-electron chi connectivity index (χ0n) is 8.31. The van der Waals surface area contributed by atoms with Crippen molar-refractivity contribution in [3.63, 3.8) is 0 Å². The topological polar surface area (TPSA) is 26.3 Å². The van der Waals surface area contributed by atoms with Crippen molar-refractivity contribution in [3.8, 4) is 0 Å². The van der Waals surface area contributed by atoms with Crippen LogP contribution in [0.25, 0.3) is 0 Å². The molecule has 0 saturated carbocycles. The van der Waals surface area contributed by atoms with Gasteiger partial charge in [-0.25, -0.2) is 0 Å². The smallest absolute Gasteiger partial charge is 0.449 e. The lowest BCUT2D eigenvalue weighted by atomic mass is 10.1. The molecule has 0 unspecified atom stereocenters. The second kappa shape index (κ2) is 5.02. The van der Waals surface area contributed by atoms with E-state index in [1.165, 1.54) is 0 Å². The molecule has 0 aliphatic heterocycles. The molecular formula is C9H13F3O2. The van der Waals surface area contributed by atoms with Crippen LogP contribution in [0.1, 0.15) is 20.3 Å². The molecule has 0 aromatic heterocycles. The minimum absolute atomic E-state index is 0.0325. The van der Waals surface area contributed by atoms with Crippen LogP contribution < -0.4 is 0 Å². The van der Waals surface area contributed by atoms with Crippen LogP contribution in [0.5, 0.6) is 0 Å². The third-order valence-electron chi connectivity index (χ3n) is 1.40. The van der Waals surface area contributed by atoms with Crippen LogP contribution in [-0.2, 0) is 9.53 Å². The first-order chi connectivity index (χ1) is 6.27. The maximum Gasteiger partial charge on any atom is 0.449 e. The highest BCUT2D eigenvalue weighted by Gasteiger charge is 2.35. The van der Waals surface area contributed by atoms with Gasteiger partial charge in [0.1, 0.15) is 0 Å². The second-order valence-electron chi connectivity index (χ2n) is 3.27. The van der Waals surface area contributed by atoms with Gasteiger partial charge in [-0.2, -0.15) is 13.2 Å². The lowest BCUT2D eigenvalue weighted by Gasteiger charge is -2.09. The van der Waals surface area contributed by atoms with Crippen LogP contribution in [0.2, 0.25) is 0 Å². The molecular weight excluding hydrogens is 197 g/mol. The molecule has 0 aliphatic rings. The number of methoxy groups -OCH3 is 1. The Hall–Kier alpha value is -1.00. The quantitative estimate of drug-likeness (QED) is 0.526. The van der Waals surface area contributed by atoms with Crippen molar-refractivity contribution in [2.75, 3.05) is 7.11 Å². The zero-order valence-corrected chi connectivity index (χ0v) is 8.31. The third kappa shape index (κ3) is 4.89. The summed E-state index contributed by atoms with van der Waals surface area (Å²) in [5, 5.41) is 0. The number of rotatable bonds is 4. The molecule has 0 bridgehead atoms. The summed E-state index contributed by atoms with van der Waals surface area (Å²) >= 11 is 0. The van der Waals surface area contributed by atoms with E-state index in [1.807, 2.05) is 0 Å². The van der Waals surface area contributed by atoms with Gasteiger partial charge in [0.15, 0.2) is 5.78 Å². The van der Waals surface area contributed by atoms with Gasteiger partial charge in [-0.15, -0.1) is 0 Å². The Morgan fingerprint density at radius 3 is 2.21 bits per heavy atom. The summed E-state index contributed by atoms with van der Waals surface area (Å²) in [7, 11) is 0.891. The first-order valence-corrected chi connectivity index (χ1v) is 4.13. The first kappa shape index (κ1) is 13.0. The lowest BCUT2D eigenvalue weighted by molar-refractivity contribution is -0.129. The van der Waals surface area contributed by atoms with Gasteiger partial charge in [0.05, 0.1) is 7.11 Å². The normalized spacial score (nSPS) is 13.2. The van der Waals surface area contributed by atoms with Crippen molar-refractivity contribution in [1.29, 1.82) is 0 Å². The van der Waals surface area contributed by atoms with Crippen LogP contribution >= 0.6 is 0 Å². The summed E-state index contributed by atoms with van der Waals surface area (Å²) in [6.07, 6.45) is -4.01. The Kier molecular flexibility index (Phi) is 4.67. The third-order valence-corrected chi connectivity index (χ3v) is 1.40. The van der Waals surface area contributed by atoms with E-state index in [1.54, 1.807) is 13.8 Å². The maximum atomic E-state index is 12.1. The van der Waals surface area contributed by atoms with E-state index in [9.17, 15) is 18.0 Å². The van der Waals surface area contributed by atoms with Gasteiger partial charge in [0.2, 0.25) is 5.76 Å². The molecule has 0 aromatic rings. The highest BCUT2D eigenvalue weighted by molar-refractivity contribution is 5.90. The van der Waals surface area contributed by atoms with E-state index in [-0.39, 0.29) is 12.3 Å². The molecule has 0 spiro atoms. The average Bonchev–Trinajstić information content (AvgIpc) is 1.96. The molecule has 14 heavy (non-hydrogen) atoms. The predicted molar refractivity (Wildman–Crippen MR) is 45.6 cm³/mol. The van der Waals surface area contributed by atoms with E-state index in [0.717, 1.165) is 7.11 Å². The molecule has 0 rings (SSSR count). The Morgan fingerprint density at radius 2 is 1.93 bits per heavy atom. The molecule has 0 fully saturated rings. The standard InChI is InChI=1S/C9H13F3O2/c1-6(2)4-7(13)5-8(14-3)9(10,11)12/h5-6H,4H2,1-3H3/b8-5-. The van der Waals surface area contributed by atoms with Crippen molar-refractivity contribution < 1.29 is 22.7 Å². The molecule has 0 amide bonds. The van der Waals surface area contributed by atoms with Crippen LogP contribution in [0.3, 0.4) is 0 Å². The number of alkyl halides is 3. The SMILES string of the molecule is CO/C(=C\C(=O)CC(C)C)C(F)(F)F. The summed E-state index contributed by atoms with van der Waals surface area (Å²) in [4.78, 5) is 11.0. The van der Waals surface area contributed by atoms with E-state index in [0.29, 0.717) is 6.08 Å². The summed E-state index contributed by atoms with van der Waals surface area (Å²) in [5.74, 6) is -1.79. The number of hydrogen-bond donors (Lipinski definition) is 0. The molecule has 82 valence electrons. The monoisotopic (exact) mass is 210 g/mol. The first-order valence-electron chi connectivity index (χ1n) is 4.13. The molecule has 0 N–H and O–H groups in total. The second-order valence-corrected chi connectivity index (χ2v) is 3.27. The van der Waals surface area contributed by atoms with E-state index < -0.39 is 17.7 Å². The summed E-state index contributed by atoms with van der Waals surface area (Å²) in [6.45, 7) is 3.51. The van der Waals surface area contributed by atoms with Crippen LogP contribution in [0.15, 0.2) is 11.8 Å². The molecule has 2 nitrogen and oxygen atoms in total. The summed E-state index contributed by atoms with van der Waals surface area (Å²) in [5.41, 5.74) is 0. The number of ether oxygens (including phenoxy) is 1. The Morgan fingerprint density at radius 1 is 1.43 bits per heavy atom. The zero-order chi connectivity index (χ0) is 11.4. The molecule has 0 aliphatic carbocycles. The van der Waals surface area contributed by atoms with E-state index in [2.05, 4.69) is 4.74 Å². The average molecular weight is 210 g/mol. The van der Waals surface area contributed by atoms with Gasteiger partial charge in [-0.3, -0.25) is 4.79 Å². The summed E-state index contributed by atoms with van der Waals surface area (Å²) in [6, 6.07) is 0. The fourth-order valence-corrected chi connectivity index (χ4v) is 0.864. The van der Waals surface area contributed by atoms with Crippen molar-refractivity contribution in [3.05, 3.63) is 11.8 Å². The number of carbonyl (C=O) groups is 1. The fraction of sp³-hybridized carbons (Fsp3) is 0.667. The highest BCUT2D eigenvalue weighted by atomic mass is 19.4. The number of carbonyl (C=O) groups excluding carboxylic acids is 1. The summed E-state index contributed by atoms with van der Waals surface area (Å²) < 4.78 is 40.3. The Balaban J connectivity index is 4.53. The van der Waals surface area contributed by atoms with Crippen LogP contribution in [0.4, 0.5) is 13.2 Å². The Labute approximate surface area is 80.7 Å². The van der Waals surface area contributed by atoms with Gasteiger partial charge in [0, 0.05) is 12.5 Å².